The quantitative estimate of drug-likeness (QED) is 0.856. The number of alkyl halides is 2. The molecule has 0 aromatic carbocycles. The zero-order chi connectivity index (χ0) is 13.2. The highest BCUT2D eigenvalue weighted by Gasteiger charge is 2.26. The Morgan fingerprint density at radius 2 is 2.18 bits per heavy atom. The number of aromatic nitrogens is 1. The minimum Gasteiger partial charge on any atom is -0.495 e. The van der Waals surface area contributed by atoms with Gasteiger partial charge in [-0.2, -0.15) is 5.26 Å². The molecule has 0 unspecified atom stereocenters. The van der Waals surface area contributed by atoms with E-state index in [1.54, 1.807) is 0 Å². The van der Waals surface area contributed by atoms with Gasteiger partial charge in [-0.1, -0.05) is 0 Å². The van der Waals surface area contributed by atoms with Crippen LogP contribution in [0.4, 0.5) is 8.78 Å². The maximum Gasteiger partial charge on any atom is 0.268 e. The average Bonchev–Trinajstić information content (AvgIpc) is 2.25. The lowest BCUT2D eigenvalue weighted by atomic mass is 10.2. The molecule has 0 fully saturated rings. The van der Waals surface area contributed by atoms with Gasteiger partial charge in [-0.25, -0.2) is 27.3 Å². The molecule has 1 aromatic rings. The van der Waals surface area contributed by atoms with Gasteiger partial charge in [-0.15, -0.1) is 0 Å². The molecule has 17 heavy (non-hydrogen) atoms. The van der Waals surface area contributed by atoms with Crippen molar-refractivity contribution in [2.75, 3.05) is 7.11 Å². The van der Waals surface area contributed by atoms with Crippen LogP contribution in [-0.2, 0) is 10.0 Å². The summed E-state index contributed by atoms with van der Waals surface area (Å²) in [5, 5.41) is 12.8. The van der Waals surface area contributed by atoms with E-state index in [9.17, 15) is 17.2 Å². The Balaban J connectivity index is 3.68. The molecule has 0 aliphatic carbocycles. The molecule has 92 valence electrons. The van der Waals surface area contributed by atoms with Crippen molar-refractivity contribution in [3.63, 3.8) is 0 Å². The predicted octanol–water partition coefficient (Wildman–Crippen LogP) is 0.547. The van der Waals surface area contributed by atoms with E-state index in [4.69, 9.17) is 10.4 Å². The molecule has 2 N–H and O–H groups in total. The fourth-order valence-electron chi connectivity index (χ4n) is 1.18. The SMILES string of the molecule is COc1c(C(F)F)cnc(S(N)(=O)=O)c1C#N. The molecule has 0 saturated carbocycles. The third kappa shape index (κ3) is 2.48. The van der Waals surface area contributed by atoms with Gasteiger partial charge in [0.05, 0.1) is 12.7 Å². The molecule has 9 heteroatoms. The smallest absolute Gasteiger partial charge is 0.268 e. The van der Waals surface area contributed by atoms with Crippen LogP contribution in [0.25, 0.3) is 0 Å². The van der Waals surface area contributed by atoms with Crippen molar-refractivity contribution < 1.29 is 21.9 Å². The summed E-state index contributed by atoms with van der Waals surface area (Å²) in [5.74, 6) is -0.540. The molecule has 6 nitrogen and oxygen atoms in total. The predicted molar refractivity (Wildman–Crippen MR) is 51.8 cm³/mol. The van der Waals surface area contributed by atoms with E-state index >= 15 is 0 Å². The van der Waals surface area contributed by atoms with Gasteiger partial charge >= 0.3 is 0 Å². The van der Waals surface area contributed by atoms with E-state index in [-0.39, 0.29) is 0 Å². The van der Waals surface area contributed by atoms with Crippen molar-refractivity contribution in [1.82, 2.24) is 4.98 Å². The molecule has 1 aromatic heterocycles. The first-order valence-corrected chi connectivity index (χ1v) is 5.65. The first-order valence-electron chi connectivity index (χ1n) is 4.10. The van der Waals surface area contributed by atoms with Gasteiger partial charge in [-0.3, -0.25) is 0 Å². The van der Waals surface area contributed by atoms with E-state index in [1.807, 2.05) is 0 Å². The van der Waals surface area contributed by atoms with Crippen LogP contribution in [0.1, 0.15) is 17.6 Å². The topological polar surface area (TPSA) is 106 Å². The summed E-state index contributed by atoms with van der Waals surface area (Å²) in [7, 11) is -3.24. The zero-order valence-electron chi connectivity index (χ0n) is 8.52. The Hall–Kier alpha value is -1.79. The van der Waals surface area contributed by atoms with E-state index < -0.39 is 38.4 Å². The van der Waals surface area contributed by atoms with Gasteiger partial charge in [0.15, 0.2) is 5.03 Å². The summed E-state index contributed by atoms with van der Waals surface area (Å²) < 4.78 is 51.9. The molecule has 1 rings (SSSR count). The summed E-state index contributed by atoms with van der Waals surface area (Å²) in [6.45, 7) is 0. The maximum atomic E-state index is 12.5. The molecule has 0 atom stereocenters. The van der Waals surface area contributed by atoms with Crippen molar-refractivity contribution in [3.8, 4) is 11.8 Å². The molecule has 0 radical (unpaired) electrons. The lowest BCUT2D eigenvalue weighted by Gasteiger charge is -2.10. The van der Waals surface area contributed by atoms with Crippen LogP contribution in [0.3, 0.4) is 0 Å². The zero-order valence-corrected chi connectivity index (χ0v) is 9.33. The summed E-state index contributed by atoms with van der Waals surface area (Å²) in [4.78, 5) is 3.26. The molecule has 0 spiro atoms. The second-order valence-corrected chi connectivity index (χ2v) is 4.36. The van der Waals surface area contributed by atoms with Crippen LogP contribution in [0.5, 0.6) is 5.75 Å². The van der Waals surface area contributed by atoms with Crippen molar-refractivity contribution in [3.05, 3.63) is 17.3 Å². The molecule has 1 heterocycles. The van der Waals surface area contributed by atoms with E-state index in [1.165, 1.54) is 6.07 Å². The second-order valence-electron chi connectivity index (χ2n) is 2.88. The number of hydrogen-bond acceptors (Lipinski definition) is 5. The van der Waals surface area contributed by atoms with Crippen LogP contribution in [0.2, 0.25) is 0 Å². The normalized spacial score (nSPS) is 11.3. The third-order valence-corrected chi connectivity index (χ3v) is 2.69. The van der Waals surface area contributed by atoms with Crippen LogP contribution in [0.15, 0.2) is 11.2 Å². The van der Waals surface area contributed by atoms with Crippen LogP contribution >= 0.6 is 0 Å². The van der Waals surface area contributed by atoms with Crippen LogP contribution < -0.4 is 9.88 Å². The number of nitrogens with two attached hydrogens (primary N) is 1. The summed E-state index contributed by atoms with van der Waals surface area (Å²) in [6.07, 6.45) is -2.33. The van der Waals surface area contributed by atoms with Crippen molar-refractivity contribution >= 4 is 10.0 Å². The number of pyridine rings is 1. The Bertz CT molecular complexity index is 580. The number of methoxy groups -OCH3 is 1. The number of sulfonamides is 1. The lowest BCUT2D eigenvalue weighted by Crippen LogP contribution is -2.17. The van der Waals surface area contributed by atoms with Crippen molar-refractivity contribution in [1.29, 1.82) is 5.26 Å². The highest BCUT2D eigenvalue weighted by atomic mass is 32.2. The highest BCUT2D eigenvalue weighted by molar-refractivity contribution is 7.89. The average molecular weight is 263 g/mol. The first kappa shape index (κ1) is 13.3. The third-order valence-electron chi connectivity index (χ3n) is 1.84. The number of ether oxygens (including phenoxy) is 1. The molecular formula is C8H7F2N3O3S. The summed E-state index contributed by atoms with van der Waals surface area (Å²) >= 11 is 0. The fraction of sp³-hybridized carbons (Fsp3) is 0.250. The van der Waals surface area contributed by atoms with Crippen molar-refractivity contribution in [2.45, 2.75) is 11.5 Å². The van der Waals surface area contributed by atoms with Gasteiger partial charge in [0, 0.05) is 6.20 Å². The summed E-state index contributed by atoms with van der Waals surface area (Å²) in [5.41, 5.74) is -1.30. The van der Waals surface area contributed by atoms with Crippen molar-refractivity contribution in [2.24, 2.45) is 5.14 Å². The number of nitriles is 1. The number of primary sulfonamides is 1. The number of rotatable bonds is 3. The van der Waals surface area contributed by atoms with Gasteiger partial charge < -0.3 is 4.74 Å². The Labute approximate surface area is 95.7 Å². The van der Waals surface area contributed by atoms with Crippen LogP contribution in [-0.4, -0.2) is 20.5 Å². The largest absolute Gasteiger partial charge is 0.495 e. The second kappa shape index (κ2) is 4.60. The van der Waals surface area contributed by atoms with Gasteiger partial charge in [0.25, 0.3) is 16.4 Å². The minimum absolute atomic E-state index is 0.540. The number of halogens is 2. The molecular weight excluding hydrogens is 256 g/mol. The Morgan fingerprint density at radius 3 is 2.53 bits per heavy atom. The molecule has 0 amide bonds. The van der Waals surface area contributed by atoms with E-state index in [2.05, 4.69) is 9.72 Å². The van der Waals surface area contributed by atoms with E-state index in [0.717, 1.165) is 7.11 Å². The maximum absolute atomic E-state index is 12.5. The van der Waals surface area contributed by atoms with Crippen LogP contribution in [0, 0.1) is 11.3 Å². The van der Waals surface area contributed by atoms with Gasteiger partial charge in [0.1, 0.15) is 17.4 Å². The Kier molecular flexibility index (Phi) is 3.59. The van der Waals surface area contributed by atoms with E-state index in [0.29, 0.717) is 6.20 Å². The Morgan fingerprint density at radius 1 is 1.59 bits per heavy atom. The standard InChI is InChI=1S/C8H7F2N3O3S/c1-16-6-4(2-11)8(17(12,14)15)13-3-5(6)7(9)10/h3,7H,1H3,(H2,12,14,15). The lowest BCUT2D eigenvalue weighted by molar-refractivity contribution is 0.146. The number of hydrogen-bond donors (Lipinski definition) is 1. The summed E-state index contributed by atoms with van der Waals surface area (Å²) in [6, 6.07) is 1.44. The highest BCUT2D eigenvalue weighted by Crippen LogP contribution is 2.33. The molecule has 0 aliphatic heterocycles. The monoisotopic (exact) mass is 263 g/mol. The van der Waals surface area contributed by atoms with Gasteiger partial charge in [-0.05, 0) is 0 Å². The number of nitrogens with zero attached hydrogens (tertiary/aromatic N) is 2. The molecule has 0 bridgehead atoms. The minimum atomic E-state index is -4.28. The van der Waals surface area contributed by atoms with Gasteiger partial charge in [0.2, 0.25) is 0 Å². The first-order chi connectivity index (χ1) is 7.82. The molecule has 0 saturated heterocycles. The molecule has 0 aliphatic rings. The fourth-order valence-corrected chi connectivity index (χ4v) is 1.80.